The molecule has 0 radical (unpaired) electrons. The van der Waals surface area contributed by atoms with E-state index in [9.17, 15) is 19.2 Å². The molecule has 0 aliphatic heterocycles. The second-order valence-electron chi connectivity index (χ2n) is 9.33. The average molecular weight is 546 g/mol. The minimum atomic E-state index is -0.490. The summed E-state index contributed by atoms with van der Waals surface area (Å²) in [7, 11) is 1.27. The highest BCUT2D eigenvalue weighted by Gasteiger charge is 2.19. The van der Waals surface area contributed by atoms with Crippen LogP contribution in [-0.2, 0) is 33.4 Å². The molecule has 0 heterocycles. The summed E-state index contributed by atoms with van der Waals surface area (Å²) in [5, 5.41) is 2.48. The second-order valence-corrected chi connectivity index (χ2v) is 10.6. The molecule has 0 rings (SSSR count). The molecule has 1 unspecified atom stereocenters. The van der Waals surface area contributed by atoms with E-state index in [-0.39, 0.29) is 43.8 Å². The van der Waals surface area contributed by atoms with E-state index in [1.165, 1.54) is 63.8 Å². The maximum atomic E-state index is 12.3. The molecule has 1 N–H and O–H groups in total. The fourth-order valence-electron chi connectivity index (χ4n) is 3.71. The van der Waals surface area contributed by atoms with Gasteiger partial charge in [0.1, 0.15) is 19.3 Å². The number of amides is 1. The van der Waals surface area contributed by atoms with Crippen LogP contribution in [0.1, 0.15) is 117 Å². The third-order valence-corrected chi connectivity index (χ3v) is 6.88. The Morgan fingerprint density at radius 2 is 1.35 bits per heavy atom. The van der Waals surface area contributed by atoms with E-state index >= 15 is 0 Å². The quantitative estimate of drug-likeness (QED) is 0.0878. The van der Waals surface area contributed by atoms with E-state index in [0.717, 1.165) is 32.1 Å². The Labute approximate surface area is 228 Å². The van der Waals surface area contributed by atoms with Crippen molar-refractivity contribution in [1.82, 2.24) is 5.32 Å². The van der Waals surface area contributed by atoms with Gasteiger partial charge in [0.25, 0.3) is 0 Å². The van der Waals surface area contributed by atoms with Crippen LogP contribution in [0.3, 0.4) is 0 Å². The first-order valence-electron chi connectivity index (χ1n) is 14.2. The van der Waals surface area contributed by atoms with Gasteiger partial charge in [-0.05, 0) is 19.3 Å². The molecule has 37 heavy (non-hydrogen) atoms. The lowest BCUT2D eigenvalue weighted by Gasteiger charge is -2.17. The molecule has 0 aromatic rings. The molecule has 1 amide bonds. The van der Waals surface area contributed by atoms with Crippen LogP contribution in [0.15, 0.2) is 0 Å². The molecule has 0 aliphatic carbocycles. The molecule has 0 bridgehead atoms. The van der Waals surface area contributed by atoms with Gasteiger partial charge in [0.15, 0.2) is 0 Å². The van der Waals surface area contributed by atoms with Crippen molar-refractivity contribution in [2.75, 3.05) is 31.8 Å². The highest BCUT2D eigenvalue weighted by Crippen LogP contribution is 2.16. The van der Waals surface area contributed by atoms with Crippen molar-refractivity contribution in [1.29, 1.82) is 0 Å². The van der Waals surface area contributed by atoms with Crippen LogP contribution in [0.5, 0.6) is 0 Å². The lowest BCUT2D eigenvalue weighted by molar-refractivity contribution is -0.155. The maximum absolute atomic E-state index is 12.3. The van der Waals surface area contributed by atoms with Gasteiger partial charge in [0, 0.05) is 24.3 Å². The van der Waals surface area contributed by atoms with Gasteiger partial charge in [-0.1, -0.05) is 78.1 Å². The van der Waals surface area contributed by atoms with Gasteiger partial charge in [-0.3, -0.25) is 19.2 Å². The lowest BCUT2D eigenvalue weighted by atomic mass is 10.0. The van der Waals surface area contributed by atoms with Gasteiger partial charge in [-0.15, -0.1) is 0 Å². The number of esters is 3. The van der Waals surface area contributed by atoms with Crippen LogP contribution < -0.4 is 5.32 Å². The summed E-state index contributed by atoms with van der Waals surface area (Å²) in [6, 6.07) is 0. The number of nitrogens with one attached hydrogen (secondary N) is 1. The predicted molar refractivity (Wildman–Crippen MR) is 148 cm³/mol. The number of thioether (sulfide) groups is 1. The summed E-state index contributed by atoms with van der Waals surface area (Å²) < 4.78 is 15.4. The van der Waals surface area contributed by atoms with E-state index in [1.54, 1.807) is 0 Å². The molecule has 0 saturated carbocycles. The van der Waals surface area contributed by atoms with E-state index in [1.807, 2.05) is 0 Å². The molecular formula is C28H51NO7S. The SMILES string of the molecule is CCCCCCCCCCCC(CC(=O)OCCSCCC(=O)NCC(=O)OC)OC(=O)CCCCC. The molecule has 1 atom stereocenters. The summed E-state index contributed by atoms with van der Waals surface area (Å²) in [5.41, 5.74) is 0. The average Bonchev–Trinajstić information content (AvgIpc) is 2.88. The first-order chi connectivity index (χ1) is 17.9. The van der Waals surface area contributed by atoms with Gasteiger partial charge >= 0.3 is 17.9 Å². The van der Waals surface area contributed by atoms with Gasteiger partial charge < -0.3 is 19.5 Å². The van der Waals surface area contributed by atoms with Crippen molar-refractivity contribution in [2.45, 2.75) is 123 Å². The maximum Gasteiger partial charge on any atom is 0.325 e. The zero-order valence-corrected chi connectivity index (χ0v) is 24.3. The number of hydrogen-bond acceptors (Lipinski definition) is 8. The van der Waals surface area contributed by atoms with Gasteiger partial charge in [0.2, 0.25) is 5.91 Å². The summed E-state index contributed by atoms with van der Waals surface area (Å²) >= 11 is 1.49. The van der Waals surface area contributed by atoms with Crippen molar-refractivity contribution in [3.05, 3.63) is 0 Å². The molecule has 0 spiro atoms. The molecule has 0 aromatic heterocycles. The number of rotatable bonds is 25. The standard InChI is InChI=1S/C28H51NO7S/c1-4-6-8-9-10-11-12-13-15-16-24(36-26(31)17-14-7-5-2)22-27(32)35-19-21-37-20-18-25(30)29-23-28(33)34-3/h24H,4-23H2,1-3H3,(H,29,30). The summed E-state index contributed by atoms with van der Waals surface area (Å²) in [6.07, 6.45) is 14.7. The third kappa shape index (κ3) is 24.3. The van der Waals surface area contributed by atoms with Gasteiger partial charge in [0.05, 0.1) is 13.5 Å². The summed E-state index contributed by atoms with van der Waals surface area (Å²) in [6.45, 7) is 4.41. The lowest BCUT2D eigenvalue weighted by Crippen LogP contribution is -2.30. The molecule has 216 valence electrons. The zero-order valence-electron chi connectivity index (χ0n) is 23.5. The molecular weight excluding hydrogens is 494 g/mol. The van der Waals surface area contributed by atoms with Crippen molar-refractivity contribution in [2.24, 2.45) is 0 Å². The fraction of sp³-hybridized carbons (Fsp3) is 0.857. The smallest absolute Gasteiger partial charge is 0.325 e. The number of unbranched alkanes of at least 4 members (excludes halogenated alkanes) is 10. The van der Waals surface area contributed by atoms with E-state index in [0.29, 0.717) is 24.3 Å². The van der Waals surface area contributed by atoms with Crippen LogP contribution in [-0.4, -0.2) is 61.7 Å². The van der Waals surface area contributed by atoms with E-state index in [4.69, 9.17) is 9.47 Å². The zero-order chi connectivity index (χ0) is 27.6. The molecule has 8 nitrogen and oxygen atoms in total. The summed E-state index contributed by atoms with van der Waals surface area (Å²) in [4.78, 5) is 47.2. The van der Waals surface area contributed by atoms with Crippen LogP contribution in [0.25, 0.3) is 0 Å². The Kier molecular flexibility index (Phi) is 24.6. The number of ether oxygens (including phenoxy) is 3. The van der Waals surface area contributed by atoms with Crippen LogP contribution in [0.4, 0.5) is 0 Å². The first kappa shape index (κ1) is 35.2. The highest BCUT2D eigenvalue weighted by atomic mass is 32.2. The largest absolute Gasteiger partial charge is 0.468 e. The Balaban J connectivity index is 4.18. The Bertz CT molecular complexity index is 615. The van der Waals surface area contributed by atoms with Crippen molar-refractivity contribution < 1.29 is 33.4 Å². The second kappa shape index (κ2) is 25.9. The molecule has 0 fully saturated rings. The van der Waals surface area contributed by atoms with Crippen molar-refractivity contribution >= 4 is 35.6 Å². The fourth-order valence-corrected chi connectivity index (χ4v) is 4.44. The van der Waals surface area contributed by atoms with Crippen molar-refractivity contribution in [3.8, 4) is 0 Å². The number of carbonyl (C=O) groups is 4. The molecule has 0 aliphatic rings. The molecule has 0 aromatic carbocycles. The Morgan fingerprint density at radius 1 is 0.730 bits per heavy atom. The summed E-state index contributed by atoms with van der Waals surface area (Å²) in [5.74, 6) is -0.191. The Hall–Kier alpha value is -1.77. The minimum absolute atomic E-state index is 0.0805. The minimum Gasteiger partial charge on any atom is -0.468 e. The van der Waals surface area contributed by atoms with Crippen LogP contribution in [0.2, 0.25) is 0 Å². The van der Waals surface area contributed by atoms with E-state index < -0.39 is 12.1 Å². The number of hydrogen-bond donors (Lipinski definition) is 1. The monoisotopic (exact) mass is 545 g/mol. The Morgan fingerprint density at radius 3 is 2.00 bits per heavy atom. The van der Waals surface area contributed by atoms with Crippen molar-refractivity contribution in [3.63, 3.8) is 0 Å². The predicted octanol–water partition coefficient (Wildman–Crippen LogP) is 5.75. The third-order valence-electron chi connectivity index (χ3n) is 5.93. The first-order valence-corrected chi connectivity index (χ1v) is 15.3. The normalized spacial score (nSPS) is 11.5. The van der Waals surface area contributed by atoms with E-state index in [2.05, 4.69) is 23.9 Å². The molecule has 9 heteroatoms. The number of methoxy groups -OCH3 is 1. The molecule has 0 saturated heterocycles. The number of carbonyl (C=O) groups excluding carboxylic acids is 4. The van der Waals surface area contributed by atoms with Crippen LogP contribution >= 0.6 is 11.8 Å². The van der Waals surface area contributed by atoms with Gasteiger partial charge in [-0.2, -0.15) is 11.8 Å². The topological polar surface area (TPSA) is 108 Å². The highest BCUT2D eigenvalue weighted by molar-refractivity contribution is 7.99. The van der Waals surface area contributed by atoms with Gasteiger partial charge in [-0.25, -0.2) is 0 Å². The van der Waals surface area contributed by atoms with Crippen LogP contribution in [0, 0.1) is 0 Å².